The van der Waals surface area contributed by atoms with Crippen molar-refractivity contribution in [1.29, 1.82) is 0 Å². The van der Waals surface area contributed by atoms with Gasteiger partial charge < -0.3 is 15.4 Å². The van der Waals surface area contributed by atoms with Crippen LogP contribution in [0.4, 0.5) is 10.5 Å². The number of carbonyl (C=O) groups is 3. The molecule has 0 unspecified atom stereocenters. The zero-order valence-corrected chi connectivity index (χ0v) is 18.1. The summed E-state index contributed by atoms with van der Waals surface area (Å²) < 4.78 is 6.12. The fourth-order valence-electron chi connectivity index (χ4n) is 3.66. The van der Waals surface area contributed by atoms with Crippen LogP contribution in [0.2, 0.25) is 0 Å². The minimum absolute atomic E-state index is 0.0332. The van der Waals surface area contributed by atoms with Crippen molar-refractivity contribution >= 4 is 39.5 Å². The van der Waals surface area contributed by atoms with Crippen molar-refractivity contribution in [3.8, 4) is 0 Å². The number of urea groups is 1. The Morgan fingerprint density at radius 2 is 1.93 bits per heavy atom. The van der Waals surface area contributed by atoms with Gasteiger partial charge in [0.2, 0.25) is 5.91 Å². The molecule has 2 aromatic carbocycles. The monoisotopic (exact) mass is 469 g/mol. The van der Waals surface area contributed by atoms with E-state index in [2.05, 4.69) is 26.6 Å². The molecule has 0 saturated carbocycles. The quantitative estimate of drug-likeness (QED) is 0.669. The van der Waals surface area contributed by atoms with E-state index in [0.29, 0.717) is 17.0 Å². The minimum atomic E-state index is -0.604. The van der Waals surface area contributed by atoms with E-state index >= 15 is 0 Å². The average molecular weight is 470 g/mol. The first kappa shape index (κ1) is 20.2. The predicted octanol–water partition coefficient (Wildman–Crippen LogP) is 3.58. The lowest BCUT2D eigenvalue weighted by atomic mass is 9.91. The number of aryl methyl sites for hydroxylation is 2. The van der Waals surface area contributed by atoms with Crippen LogP contribution in [0.5, 0.6) is 0 Å². The summed E-state index contributed by atoms with van der Waals surface area (Å²) in [6, 6.07) is 12.0. The number of benzene rings is 2. The number of nitrogens with zero attached hydrogens (tertiary/aromatic N) is 1. The standard InChI is InChI=1S/C22H20BrN3O4/c1-12-3-4-13(2)16(9-12)20-19-17(11-30-21(19)28)26(22(29)25-20)10-18(27)24-15-7-5-14(23)6-8-15/h3-9,20H,10-11H2,1-2H3,(H,24,27)(H,25,29)/t20-/m1/s1. The van der Waals surface area contributed by atoms with Gasteiger partial charge in [0.05, 0.1) is 17.3 Å². The van der Waals surface area contributed by atoms with E-state index in [0.717, 1.165) is 21.2 Å². The largest absolute Gasteiger partial charge is 0.456 e. The van der Waals surface area contributed by atoms with Crippen LogP contribution in [0.15, 0.2) is 58.2 Å². The topological polar surface area (TPSA) is 87.7 Å². The van der Waals surface area contributed by atoms with Crippen molar-refractivity contribution in [3.05, 3.63) is 74.9 Å². The van der Waals surface area contributed by atoms with Gasteiger partial charge in [0, 0.05) is 10.2 Å². The van der Waals surface area contributed by atoms with Crippen molar-refractivity contribution in [3.63, 3.8) is 0 Å². The molecule has 2 aromatic rings. The van der Waals surface area contributed by atoms with E-state index in [1.807, 2.05) is 44.2 Å². The molecule has 0 saturated heterocycles. The first-order valence-electron chi connectivity index (χ1n) is 9.44. The van der Waals surface area contributed by atoms with Gasteiger partial charge in [-0.25, -0.2) is 9.59 Å². The highest BCUT2D eigenvalue weighted by atomic mass is 79.9. The lowest BCUT2D eigenvalue weighted by molar-refractivity contribution is -0.136. The van der Waals surface area contributed by atoms with Crippen LogP contribution in [-0.2, 0) is 14.3 Å². The summed E-state index contributed by atoms with van der Waals surface area (Å²) in [4.78, 5) is 39.2. The normalized spacial score (nSPS) is 18.1. The first-order chi connectivity index (χ1) is 14.3. The second kappa shape index (κ2) is 7.95. The molecule has 8 heteroatoms. The van der Waals surface area contributed by atoms with E-state index in [4.69, 9.17) is 4.74 Å². The third kappa shape index (κ3) is 3.82. The van der Waals surface area contributed by atoms with Crippen LogP contribution in [0.1, 0.15) is 22.7 Å². The third-order valence-electron chi connectivity index (χ3n) is 5.17. The molecular formula is C22H20BrN3O4. The maximum Gasteiger partial charge on any atom is 0.338 e. The van der Waals surface area contributed by atoms with Crippen LogP contribution >= 0.6 is 15.9 Å². The van der Waals surface area contributed by atoms with Crippen LogP contribution in [-0.4, -0.2) is 36.0 Å². The van der Waals surface area contributed by atoms with Crippen LogP contribution in [0.3, 0.4) is 0 Å². The number of esters is 1. The van der Waals surface area contributed by atoms with Gasteiger partial charge in [0.1, 0.15) is 13.2 Å². The van der Waals surface area contributed by atoms with Gasteiger partial charge in [0.15, 0.2) is 0 Å². The van der Waals surface area contributed by atoms with Gasteiger partial charge in [-0.3, -0.25) is 9.69 Å². The molecule has 30 heavy (non-hydrogen) atoms. The molecule has 0 bridgehead atoms. The number of anilines is 1. The lowest BCUT2D eigenvalue weighted by Gasteiger charge is -2.33. The van der Waals surface area contributed by atoms with Crippen molar-refractivity contribution in [2.45, 2.75) is 19.9 Å². The summed E-state index contributed by atoms with van der Waals surface area (Å²) in [5.74, 6) is -0.849. The summed E-state index contributed by atoms with van der Waals surface area (Å²) >= 11 is 3.34. The number of cyclic esters (lactones) is 1. The summed E-state index contributed by atoms with van der Waals surface area (Å²) in [5.41, 5.74) is 4.24. The molecule has 2 aliphatic heterocycles. The Morgan fingerprint density at radius 3 is 2.67 bits per heavy atom. The van der Waals surface area contributed by atoms with E-state index in [-0.39, 0.29) is 19.1 Å². The Labute approximate surface area is 182 Å². The second-order valence-electron chi connectivity index (χ2n) is 7.32. The maximum atomic E-state index is 12.9. The number of rotatable bonds is 4. The number of amides is 3. The van der Waals surface area contributed by atoms with Gasteiger partial charge in [0.25, 0.3) is 0 Å². The third-order valence-corrected chi connectivity index (χ3v) is 5.70. The molecule has 154 valence electrons. The Kier molecular flexibility index (Phi) is 5.34. The Morgan fingerprint density at radius 1 is 1.20 bits per heavy atom. The number of hydrogen-bond donors (Lipinski definition) is 2. The molecule has 0 aromatic heterocycles. The molecule has 7 nitrogen and oxygen atoms in total. The zero-order valence-electron chi connectivity index (χ0n) is 16.5. The Bertz CT molecular complexity index is 1080. The molecule has 4 rings (SSSR count). The van der Waals surface area contributed by atoms with Crippen molar-refractivity contribution < 1.29 is 19.1 Å². The lowest BCUT2D eigenvalue weighted by Crippen LogP contribution is -2.49. The summed E-state index contributed by atoms with van der Waals surface area (Å²) in [7, 11) is 0. The highest BCUT2D eigenvalue weighted by Crippen LogP contribution is 2.36. The Hall–Kier alpha value is -3.13. The number of hydrogen-bond acceptors (Lipinski definition) is 4. The molecule has 3 amide bonds. The fraction of sp³-hybridized carbons (Fsp3) is 0.227. The number of carbonyl (C=O) groups excluding carboxylic acids is 3. The number of nitrogens with one attached hydrogen (secondary N) is 2. The Balaban J connectivity index is 1.62. The van der Waals surface area contributed by atoms with E-state index in [1.54, 1.807) is 12.1 Å². The SMILES string of the molecule is Cc1ccc(C)c([C@H]2NC(=O)N(CC(=O)Nc3ccc(Br)cc3)C3=C2C(=O)OC3)c1. The highest BCUT2D eigenvalue weighted by molar-refractivity contribution is 9.10. The number of ether oxygens (including phenoxy) is 1. The molecule has 2 heterocycles. The van der Waals surface area contributed by atoms with Gasteiger partial charge in [-0.1, -0.05) is 39.7 Å². The van der Waals surface area contributed by atoms with Crippen LogP contribution in [0, 0.1) is 13.8 Å². The van der Waals surface area contributed by atoms with Crippen molar-refractivity contribution in [2.75, 3.05) is 18.5 Å². The van der Waals surface area contributed by atoms with E-state index in [1.165, 1.54) is 4.90 Å². The van der Waals surface area contributed by atoms with Gasteiger partial charge in [-0.15, -0.1) is 0 Å². The maximum absolute atomic E-state index is 12.9. The van der Waals surface area contributed by atoms with Crippen molar-refractivity contribution in [2.24, 2.45) is 0 Å². The molecule has 1 atom stereocenters. The summed E-state index contributed by atoms with van der Waals surface area (Å²) in [6.45, 7) is 3.62. The molecule has 2 aliphatic rings. The second-order valence-corrected chi connectivity index (χ2v) is 8.24. The molecular weight excluding hydrogens is 450 g/mol. The summed E-state index contributed by atoms with van der Waals surface area (Å²) in [6.07, 6.45) is 0. The summed E-state index contributed by atoms with van der Waals surface area (Å²) in [5, 5.41) is 5.63. The van der Waals surface area contributed by atoms with Gasteiger partial charge in [-0.05, 0) is 49.2 Å². The van der Waals surface area contributed by atoms with Crippen molar-refractivity contribution in [1.82, 2.24) is 10.2 Å². The minimum Gasteiger partial charge on any atom is -0.456 e. The van der Waals surface area contributed by atoms with Crippen LogP contribution < -0.4 is 10.6 Å². The zero-order chi connectivity index (χ0) is 21.4. The van der Waals surface area contributed by atoms with E-state index in [9.17, 15) is 14.4 Å². The average Bonchev–Trinajstić information content (AvgIpc) is 3.09. The van der Waals surface area contributed by atoms with Gasteiger partial charge >= 0.3 is 12.0 Å². The fourth-order valence-corrected chi connectivity index (χ4v) is 3.92. The molecule has 0 radical (unpaired) electrons. The number of halogens is 1. The molecule has 0 aliphatic carbocycles. The van der Waals surface area contributed by atoms with Gasteiger partial charge in [-0.2, -0.15) is 0 Å². The molecule has 2 N–H and O–H groups in total. The molecule has 0 fully saturated rings. The van der Waals surface area contributed by atoms with E-state index < -0.39 is 18.0 Å². The smallest absolute Gasteiger partial charge is 0.338 e. The first-order valence-corrected chi connectivity index (χ1v) is 10.2. The predicted molar refractivity (Wildman–Crippen MR) is 115 cm³/mol. The highest BCUT2D eigenvalue weighted by Gasteiger charge is 2.43. The molecule has 0 spiro atoms. The van der Waals surface area contributed by atoms with Crippen LogP contribution in [0.25, 0.3) is 0 Å².